The molecule has 0 aliphatic carbocycles. The van der Waals surface area contributed by atoms with Crippen LogP contribution in [0.25, 0.3) is 0 Å². The van der Waals surface area contributed by atoms with Crippen LogP contribution in [0.4, 0.5) is 18.9 Å². The highest BCUT2D eigenvalue weighted by molar-refractivity contribution is 6.33. The summed E-state index contributed by atoms with van der Waals surface area (Å²) < 4.78 is 37.3. The summed E-state index contributed by atoms with van der Waals surface area (Å²) >= 11 is 5.64. The van der Waals surface area contributed by atoms with E-state index in [1.807, 2.05) is 0 Å². The van der Waals surface area contributed by atoms with Gasteiger partial charge in [-0.1, -0.05) is 25.4 Å². The summed E-state index contributed by atoms with van der Waals surface area (Å²) in [6.45, 7) is 3.53. The number of rotatable bonds is 1. The molecule has 1 aromatic rings. The molecule has 84 valence electrons. The van der Waals surface area contributed by atoms with Gasteiger partial charge >= 0.3 is 6.18 Å². The highest BCUT2D eigenvalue weighted by atomic mass is 35.5. The summed E-state index contributed by atoms with van der Waals surface area (Å²) in [4.78, 5) is 0. The van der Waals surface area contributed by atoms with Gasteiger partial charge in [-0.2, -0.15) is 13.2 Å². The molecule has 1 rings (SSSR count). The second-order valence-corrected chi connectivity index (χ2v) is 4.02. The summed E-state index contributed by atoms with van der Waals surface area (Å²) in [6, 6.07) is 1.90. The van der Waals surface area contributed by atoms with Gasteiger partial charge in [0.15, 0.2) is 0 Å². The van der Waals surface area contributed by atoms with E-state index in [0.29, 0.717) is 5.56 Å². The molecule has 0 fully saturated rings. The number of halogens is 4. The molecule has 0 radical (unpaired) electrons. The molecule has 15 heavy (non-hydrogen) atoms. The van der Waals surface area contributed by atoms with Crippen molar-refractivity contribution in [2.45, 2.75) is 25.9 Å². The van der Waals surface area contributed by atoms with Crippen LogP contribution in [0, 0.1) is 0 Å². The van der Waals surface area contributed by atoms with Crippen molar-refractivity contribution in [3.8, 4) is 0 Å². The second kappa shape index (κ2) is 3.93. The van der Waals surface area contributed by atoms with Crippen LogP contribution in [0.2, 0.25) is 5.02 Å². The molecule has 1 aromatic carbocycles. The monoisotopic (exact) mass is 237 g/mol. The Labute approximate surface area is 91.0 Å². The van der Waals surface area contributed by atoms with Gasteiger partial charge in [-0.25, -0.2) is 0 Å². The van der Waals surface area contributed by atoms with Crippen molar-refractivity contribution in [2.75, 3.05) is 5.73 Å². The highest BCUT2D eigenvalue weighted by Crippen LogP contribution is 2.37. The Morgan fingerprint density at radius 2 is 1.80 bits per heavy atom. The van der Waals surface area contributed by atoms with Gasteiger partial charge in [-0.15, -0.1) is 0 Å². The summed E-state index contributed by atoms with van der Waals surface area (Å²) in [5.74, 6) is -0.0928. The summed E-state index contributed by atoms with van der Waals surface area (Å²) in [5, 5.41) is -0.0477. The molecule has 0 atom stereocenters. The lowest BCUT2D eigenvalue weighted by molar-refractivity contribution is -0.137. The van der Waals surface area contributed by atoms with Crippen LogP contribution in [0.15, 0.2) is 12.1 Å². The number of nitrogens with two attached hydrogens (primary N) is 1. The van der Waals surface area contributed by atoms with Crippen molar-refractivity contribution in [3.05, 3.63) is 28.3 Å². The molecule has 0 saturated carbocycles. The topological polar surface area (TPSA) is 26.0 Å². The predicted molar refractivity (Wildman–Crippen MR) is 55.0 cm³/mol. The molecule has 0 aromatic heterocycles. The average Bonchev–Trinajstić information content (AvgIpc) is 2.06. The van der Waals surface area contributed by atoms with E-state index < -0.39 is 11.7 Å². The van der Waals surface area contributed by atoms with Gasteiger partial charge < -0.3 is 5.73 Å². The minimum atomic E-state index is -4.39. The molecule has 0 spiro atoms. The molecule has 0 amide bonds. The van der Waals surface area contributed by atoms with Crippen molar-refractivity contribution in [3.63, 3.8) is 0 Å². The van der Waals surface area contributed by atoms with Crippen molar-refractivity contribution in [2.24, 2.45) is 0 Å². The van der Waals surface area contributed by atoms with E-state index in [2.05, 4.69) is 0 Å². The lowest BCUT2D eigenvalue weighted by Gasteiger charge is -2.15. The highest BCUT2D eigenvalue weighted by Gasteiger charge is 2.32. The van der Waals surface area contributed by atoms with E-state index >= 15 is 0 Å². The molecule has 1 nitrogen and oxygen atoms in total. The number of benzene rings is 1. The van der Waals surface area contributed by atoms with Gasteiger partial charge in [0.05, 0.1) is 16.3 Å². The summed E-state index contributed by atoms with van der Waals surface area (Å²) in [6.07, 6.45) is -4.39. The van der Waals surface area contributed by atoms with Gasteiger partial charge in [0.2, 0.25) is 0 Å². The summed E-state index contributed by atoms with van der Waals surface area (Å²) in [7, 11) is 0. The molecule has 0 saturated heterocycles. The van der Waals surface area contributed by atoms with Crippen molar-refractivity contribution in [1.29, 1.82) is 0 Å². The lowest BCUT2D eigenvalue weighted by atomic mass is 9.98. The first-order valence-corrected chi connectivity index (χ1v) is 4.77. The fourth-order valence-electron chi connectivity index (χ4n) is 1.28. The first kappa shape index (κ1) is 12.2. The van der Waals surface area contributed by atoms with Crippen LogP contribution in [0.1, 0.15) is 30.9 Å². The van der Waals surface area contributed by atoms with Crippen LogP contribution in [0.3, 0.4) is 0 Å². The third-order valence-corrected chi connectivity index (χ3v) is 2.42. The number of hydrogen-bond acceptors (Lipinski definition) is 1. The van der Waals surface area contributed by atoms with E-state index in [0.717, 1.165) is 12.1 Å². The lowest BCUT2D eigenvalue weighted by Crippen LogP contribution is -2.08. The van der Waals surface area contributed by atoms with Crippen LogP contribution in [0.5, 0.6) is 0 Å². The average molecular weight is 238 g/mol. The van der Waals surface area contributed by atoms with Gasteiger partial charge in [0, 0.05) is 0 Å². The molecular formula is C10H11ClF3N. The molecular weight excluding hydrogens is 227 g/mol. The zero-order valence-corrected chi connectivity index (χ0v) is 9.08. The Morgan fingerprint density at radius 3 is 2.20 bits per heavy atom. The number of nitrogen functional groups attached to an aromatic ring is 1. The van der Waals surface area contributed by atoms with Crippen LogP contribution >= 0.6 is 11.6 Å². The second-order valence-electron chi connectivity index (χ2n) is 3.61. The Balaban J connectivity index is 3.36. The molecule has 0 aliphatic rings. The first-order valence-electron chi connectivity index (χ1n) is 4.39. The van der Waals surface area contributed by atoms with Gasteiger partial charge in [0.1, 0.15) is 0 Å². The van der Waals surface area contributed by atoms with Gasteiger partial charge in [-0.05, 0) is 23.6 Å². The number of anilines is 1. The Bertz CT molecular complexity index is 372. The number of alkyl halides is 3. The largest absolute Gasteiger partial charge is 0.416 e. The van der Waals surface area contributed by atoms with E-state index in [9.17, 15) is 13.2 Å². The third-order valence-electron chi connectivity index (χ3n) is 2.11. The van der Waals surface area contributed by atoms with E-state index in [1.165, 1.54) is 0 Å². The quantitative estimate of drug-likeness (QED) is 0.733. The standard InChI is InChI=1S/C10H11ClF3N/c1-5(2)7-3-6(10(12,13)14)4-8(11)9(7)15/h3-5H,15H2,1-2H3. The molecule has 2 N–H and O–H groups in total. The first-order chi connectivity index (χ1) is 6.73. The van der Waals surface area contributed by atoms with E-state index in [1.54, 1.807) is 13.8 Å². The smallest absolute Gasteiger partial charge is 0.397 e. The Hall–Kier alpha value is -0.900. The van der Waals surface area contributed by atoms with E-state index in [-0.39, 0.29) is 16.6 Å². The maximum atomic E-state index is 12.4. The van der Waals surface area contributed by atoms with Crippen molar-refractivity contribution in [1.82, 2.24) is 0 Å². The van der Waals surface area contributed by atoms with Crippen LogP contribution in [-0.2, 0) is 6.18 Å². The maximum absolute atomic E-state index is 12.4. The SMILES string of the molecule is CC(C)c1cc(C(F)(F)F)cc(Cl)c1N. The minimum Gasteiger partial charge on any atom is -0.397 e. The van der Waals surface area contributed by atoms with Crippen LogP contribution in [-0.4, -0.2) is 0 Å². The van der Waals surface area contributed by atoms with Crippen molar-refractivity contribution >= 4 is 17.3 Å². The molecule has 5 heteroatoms. The van der Waals surface area contributed by atoms with E-state index in [4.69, 9.17) is 17.3 Å². The third kappa shape index (κ3) is 2.56. The Morgan fingerprint density at radius 1 is 1.27 bits per heavy atom. The minimum absolute atomic E-state index is 0.0477. The molecule has 0 bridgehead atoms. The van der Waals surface area contributed by atoms with Crippen LogP contribution < -0.4 is 5.73 Å². The zero-order chi connectivity index (χ0) is 11.8. The zero-order valence-electron chi connectivity index (χ0n) is 8.32. The number of hydrogen-bond donors (Lipinski definition) is 1. The normalized spacial score (nSPS) is 12.2. The fourth-order valence-corrected chi connectivity index (χ4v) is 1.51. The molecule has 0 unspecified atom stereocenters. The summed E-state index contributed by atoms with van der Waals surface area (Å²) in [5.41, 5.74) is 5.49. The Kier molecular flexibility index (Phi) is 3.19. The molecule has 0 aliphatic heterocycles. The molecule has 0 heterocycles. The van der Waals surface area contributed by atoms with Gasteiger partial charge in [0.25, 0.3) is 0 Å². The maximum Gasteiger partial charge on any atom is 0.416 e. The van der Waals surface area contributed by atoms with Gasteiger partial charge in [-0.3, -0.25) is 0 Å². The van der Waals surface area contributed by atoms with Crippen molar-refractivity contribution < 1.29 is 13.2 Å². The fraction of sp³-hybridized carbons (Fsp3) is 0.400. The predicted octanol–water partition coefficient (Wildman–Crippen LogP) is 4.06.